The van der Waals surface area contributed by atoms with Crippen LogP contribution in [0.3, 0.4) is 0 Å². The van der Waals surface area contributed by atoms with E-state index in [1.165, 1.54) is 39.2 Å². The Morgan fingerprint density at radius 3 is 1.20 bits per heavy atom. The van der Waals surface area contributed by atoms with Gasteiger partial charge in [0.2, 0.25) is 0 Å². The second-order valence-electron chi connectivity index (χ2n) is 13.2. The van der Waals surface area contributed by atoms with Gasteiger partial charge in [-0.1, -0.05) is 158 Å². The van der Waals surface area contributed by atoms with Crippen molar-refractivity contribution in [1.29, 1.82) is 5.26 Å². The second-order valence-corrected chi connectivity index (χ2v) is 13.2. The van der Waals surface area contributed by atoms with Gasteiger partial charge in [-0.3, -0.25) is 4.98 Å². The van der Waals surface area contributed by atoms with Crippen molar-refractivity contribution in [3.63, 3.8) is 0 Å². The third-order valence-electron chi connectivity index (χ3n) is 10.1. The first-order valence-corrected chi connectivity index (χ1v) is 17.7. The van der Waals surface area contributed by atoms with Gasteiger partial charge in [0.05, 0.1) is 18.1 Å². The van der Waals surface area contributed by atoms with Gasteiger partial charge in [-0.05, 0) is 55.3 Å². The molecule has 10 rings (SSSR count). The second kappa shape index (κ2) is 12.9. The number of nitriles is 1. The highest BCUT2D eigenvalue weighted by Gasteiger charge is 2.25. The maximum atomic E-state index is 9.16. The van der Waals surface area contributed by atoms with Gasteiger partial charge in [0.1, 0.15) is 6.07 Å². The van der Waals surface area contributed by atoms with E-state index in [1.807, 2.05) is 66.7 Å². The molecular weight excluding hydrogens is 661 g/mol. The molecule has 6 nitrogen and oxygen atoms in total. The standard InChI is InChI=1S/C48H28N6/c49-27-36-28-51-43(29-50-36)32-19-15-30(16-20-32)37-23-25-41-39-13-7-8-14-40(39)42-26-24-38(44(37)45(41)42)31-17-21-35(22-18-31)48-53-46(33-9-3-1-4-10-33)52-47(54-48)34-11-5-2-6-12-34/h1-26,28-29H. The van der Waals surface area contributed by atoms with E-state index in [4.69, 9.17) is 20.2 Å². The summed E-state index contributed by atoms with van der Waals surface area (Å²) in [6.07, 6.45) is 3.15. The van der Waals surface area contributed by atoms with E-state index >= 15 is 0 Å². The minimum atomic E-state index is 0.298. The zero-order valence-corrected chi connectivity index (χ0v) is 28.8. The Labute approximate surface area is 311 Å². The Hall–Kier alpha value is -7.62. The molecule has 0 atom stereocenters. The molecule has 0 spiro atoms. The molecule has 7 aromatic carbocycles. The van der Waals surface area contributed by atoms with Crippen molar-refractivity contribution in [1.82, 2.24) is 24.9 Å². The molecule has 6 heteroatoms. The van der Waals surface area contributed by atoms with Crippen molar-refractivity contribution in [3.8, 4) is 96.0 Å². The van der Waals surface area contributed by atoms with Crippen LogP contribution in [0.2, 0.25) is 0 Å². The fourth-order valence-corrected chi connectivity index (χ4v) is 7.47. The number of aromatic nitrogens is 5. The Bertz CT molecular complexity index is 2810. The molecule has 1 aliphatic carbocycles. The summed E-state index contributed by atoms with van der Waals surface area (Å²) in [6, 6.07) is 56.8. The molecule has 54 heavy (non-hydrogen) atoms. The third-order valence-corrected chi connectivity index (χ3v) is 10.1. The molecule has 0 N–H and O–H groups in total. The molecule has 0 amide bonds. The first-order chi connectivity index (χ1) is 26.7. The predicted octanol–water partition coefficient (Wildman–Crippen LogP) is 11.3. The summed E-state index contributed by atoms with van der Waals surface area (Å²) in [5.41, 5.74) is 14.3. The molecule has 0 saturated carbocycles. The van der Waals surface area contributed by atoms with Crippen LogP contribution < -0.4 is 0 Å². The van der Waals surface area contributed by atoms with Gasteiger partial charge in [-0.25, -0.2) is 19.9 Å². The molecule has 1 aliphatic rings. The van der Waals surface area contributed by atoms with E-state index in [9.17, 15) is 0 Å². The SMILES string of the molecule is N#Cc1cnc(-c2ccc(-c3ccc4c5c(ccc(-c6ccc(-c7nc(-c8ccccc8)nc(-c8ccccc8)n7)cc6)c35)-c3ccccc3-4)cc2)cn1. The highest BCUT2D eigenvalue weighted by Crippen LogP contribution is 2.52. The summed E-state index contributed by atoms with van der Waals surface area (Å²) in [4.78, 5) is 23.4. The lowest BCUT2D eigenvalue weighted by Crippen LogP contribution is -2.00. The maximum Gasteiger partial charge on any atom is 0.164 e. The van der Waals surface area contributed by atoms with E-state index < -0.39 is 0 Å². The van der Waals surface area contributed by atoms with Gasteiger partial charge in [-0.15, -0.1) is 0 Å². The molecule has 0 aliphatic heterocycles. The summed E-state index contributed by atoms with van der Waals surface area (Å²) in [7, 11) is 0. The van der Waals surface area contributed by atoms with Crippen LogP contribution in [0, 0.1) is 11.3 Å². The molecule has 0 saturated heterocycles. The van der Waals surface area contributed by atoms with Crippen molar-refractivity contribution >= 4 is 10.8 Å². The van der Waals surface area contributed by atoms with Gasteiger partial charge in [0, 0.05) is 22.3 Å². The third kappa shape index (κ3) is 5.31. The summed E-state index contributed by atoms with van der Waals surface area (Å²) < 4.78 is 0. The smallest absolute Gasteiger partial charge is 0.164 e. The van der Waals surface area contributed by atoms with Crippen LogP contribution in [0.1, 0.15) is 5.69 Å². The Morgan fingerprint density at radius 1 is 0.333 bits per heavy atom. The number of benzene rings is 7. The van der Waals surface area contributed by atoms with Crippen LogP contribution in [0.15, 0.2) is 170 Å². The topological polar surface area (TPSA) is 88.2 Å². The predicted molar refractivity (Wildman–Crippen MR) is 215 cm³/mol. The zero-order valence-electron chi connectivity index (χ0n) is 28.8. The van der Waals surface area contributed by atoms with Crippen molar-refractivity contribution in [2.24, 2.45) is 0 Å². The van der Waals surface area contributed by atoms with E-state index in [-0.39, 0.29) is 0 Å². The van der Waals surface area contributed by atoms with Gasteiger partial charge >= 0.3 is 0 Å². The summed E-state index contributed by atoms with van der Waals surface area (Å²) >= 11 is 0. The van der Waals surface area contributed by atoms with Crippen molar-refractivity contribution < 1.29 is 0 Å². The molecule has 2 aromatic heterocycles. The molecule has 0 radical (unpaired) electrons. The van der Waals surface area contributed by atoms with Gasteiger partial charge in [0.25, 0.3) is 0 Å². The maximum absolute atomic E-state index is 9.16. The molecule has 0 unspecified atom stereocenters. The fourth-order valence-electron chi connectivity index (χ4n) is 7.47. The summed E-state index contributed by atoms with van der Waals surface area (Å²) in [5.74, 6) is 1.90. The highest BCUT2D eigenvalue weighted by atomic mass is 15.0. The molecule has 0 bridgehead atoms. The minimum absolute atomic E-state index is 0.298. The molecule has 0 fully saturated rings. The number of hydrogen-bond donors (Lipinski definition) is 0. The molecule has 2 heterocycles. The quantitative estimate of drug-likeness (QED) is 0.173. The van der Waals surface area contributed by atoms with Crippen LogP contribution in [0.4, 0.5) is 0 Å². The number of nitrogens with zero attached hydrogens (tertiary/aromatic N) is 6. The van der Waals surface area contributed by atoms with Crippen LogP contribution in [-0.2, 0) is 0 Å². The van der Waals surface area contributed by atoms with Gasteiger partial charge in [0.15, 0.2) is 23.2 Å². The van der Waals surface area contributed by atoms with Crippen molar-refractivity contribution in [2.75, 3.05) is 0 Å². The minimum Gasteiger partial charge on any atom is -0.252 e. The normalized spacial score (nSPS) is 11.3. The van der Waals surface area contributed by atoms with E-state index in [2.05, 4.69) is 107 Å². The van der Waals surface area contributed by atoms with Gasteiger partial charge < -0.3 is 0 Å². The molecule has 9 aromatic rings. The Morgan fingerprint density at radius 2 is 0.741 bits per heavy atom. The Kier molecular flexibility index (Phi) is 7.41. The van der Waals surface area contributed by atoms with E-state index in [0.29, 0.717) is 23.2 Å². The lowest BCUT2D eigenvalue weighted by Gasteiger charge is -2.16. The fraction of sp³-hybridized carbons (Fsp3) is 0. The lowest BCUT2D eigenvalue weighted by molar-refractivity contribution is 1.07. The van der Waals surface area contributed by atoms with Gasteiger partial charge in [-0.2, -0.15) is 5.26 Å². The summed E-state index contributed by atoms with van der Waals surface area (Å²) in [5, 5.41) is 11.6. The molecule has 250 valence electrons. The monoisotopic (exact) mass is 688 g/mol. The molecular formula is C48H28N6. The van der Waals surface area contributed by atoms with Crippen molar-refractivity contribution in [2.45, 2.75) is 0 Å². The largest absolute Gasteiger partial charge is 0.252 e. The highest BCUT2D eigenvalue weighted by molar-refractivity contribution is 6.22. The zero-order chi connectivity index (χ0) is 36.0. The average molecular weight is 689 g/mol. The Balaban J connectivity index is 1.10. The first-order valence-electron chi connectivity index (χ1n) is 17.7. The summed E-state index contributed by atoms with van der Waals surface area (Å²) in [6.45, 7) is 0. The van der Waals surface area contributed by atoms with Crippen LogP contribution in [0.25, 0.3) is 101 Å². The van der Waals surface area contributed by atoms with Crippen LogP contribution in [0.5, 0.6) is 0 Å². The van der Waals surface area contributed by atoms with Crippen LogP contribution in [-0.4, -0.2) is 24.9 Å². The number of fused-ring (bicyclic) bond motifs is 3. The van der Waals surface area contributed by atoms with E-state index in [1.54, 1.807) is 6.20 Å². The number of rotatable bonds is 6. The lowest BCUT2D eigenvalue weighted by atomic mass is 9.88. The van der Waals surface area contributed by atoms with E-state index in [0.717, 1.165) is 50.2 Å². The van der Waals surface area contributed by atoms with Crippen LogP contribution >= 0.6 is 0 Å². The first kappa shape index (κ1) is 31.1. The number of hydrogen-bond acceptors (Lipinski definition) is 6. The van der Waals surface area contributed by atoms with Crippen molar-refractivity contribution in [3.05, 3.63) is 176 Å². The average Bonchev–Trinajstić information content (AvgIpc) is 3.59.